The first-order valence-corrected chi connectivity index (χ1v) is 6.39. The van der Waals surface area contributed by atoms with Crippen LogP contribution in [0, 0.1) is 0 Å². The molecule has 2 aromatic rings. The molecule has 6 nitrogen and oxygen atoms in total. The maximum Gasteiger partial charge on any atom is 0.152 e. The van der Waals surface area contributed by atoms with Gasteiger partial charge in [0.2, 0.25) is 0 Å². The SMILES string of the molecule is CCc1cc(Cn2nnnc2CCN)ccc1OC. The van der Waals surface area contributed by atoms with Gasteiger partial charge in [-0.3, -0.25) is 0 Å². The normalized spacial score (nSPS) is 10.7. The fourth-order valence-corrected chi connectivity index (χ4v) is 2.03. The maximum atomic E-state index is 5.54. The Morgan fingerprint density at radius 3 is 2.89 bits per heavy atom. The lowest BCUT2D eigenvalue weighted by atomic mass is 10.1. The molecule has 0 aliphatic rings. The summed E-state index contributed by atoms with van der Waals surface area (Å²) >= 11 is 0. The second kappa shape index (κ2) is 6.29. The monoisotopic (exact) mass is 261 g/mol. The molecule has 19 heavy (non-hydrogen) atoms. The van der Waals surface area contributed by atoms with Crippen LogP contribution in [0.25, 0.3) is 0 Å². The van der Waals surface area contributed by atoms with Crippen molar-refractivity contribution in [2.75, 3.05) is 13.7 Å². The lowest BCUT2D eigenvalue weighted by molar-refractivity contribution is 0.410. The summed E-state index contributed by atoms with van der Waals surface area (Å²) in [5.41, 5.74) is 7.88. The zero-order chi connectivity index (χ0) is 13.7. The predicted octanol–water partition coefficient (Wildman–Crippen LogP) is 0.794. The molecule has 1 heterocycles. The number of benzene rings is 1. The fourth-order valence-electron chi connectivity index (χ4n) is 2.03. The Labute approximate surface area is 112 Å². The van der Waals surface area contributed by atoms with E-state index in [9.17, 15) is 0 Å². The summed E-state index contributed by atoms with van der Waals surface area (Å²) in [5, 5.41) is 11.7. The van der Waals surface area contributed by atoms with Gasteiger partial charge in [0.25, 0.3) is 0 Å². The molecule has 0 amide bonds. The van der Waals surface area contributed by atoms with Crippen molar-refractivity contribution < 1.29 is 4.74 Å². The predicted molar refractivity (Wildman–Crippen MR) is 72.0 cm³/mol. The standard InChI is InChI=1S/C13H19N5O/c1-3-11-8-10(4-5-12(11)19-2)9-18-13(6-7-14)15-16-17-18/h4-5,8H,3,6-7,9,14H2,1-2H3. The van der Waals surface area contributed by atoms with Gasteiger partial charge < -0.3 is 10.5 Å². The summed E-state index contributed by atoms with van der Waals surface area (Å²) in [6.45, 7) is 3.31. The van der Waals surface area contributed by atoms with Gasteiger partial charge in [0.05, 0.1) is 13.7 Å². The molecule has 0 saturated heterocycles. The van der Waals surface area contributed by atoms with Crippen LogP contribution in [0.2, 0.25) is 0 Å². The third-order valence-electron chi connectivity index (χ3n) is 3.03. The van der Waals surface area contributed by atoms with Crippen molar-refractivity contribution in [3.63, 3.8) is 0 Å². The van der Waals surface area contributed by atoms with E-state index in [1.54, 1.807) is 11.8 Å². The second-order valence-electron chi connectivity index (χ2n) is 4.29. The molecule has 6 heteroatoms. The molecule has 0 fully saturated rings. The summed E-state index contributed by atoms with van der Waals surface area (Å²) in [5.74, 6) is 1.74. The topological polar surface area (TPSA) is 78.9 Å². The van der Waals surface area contributed by atoms with E-state index in [1.165, 1.54) is 5.56 Å². The fraction of sp³-hybridized carbons (Fsp3) is 0.462. The van der Waals surface area contributed by atoms with Crippen LogP contribution in [0.4, 0.5) is 0 Å². The number of ether oxygens (including phenoxy) is 1. The Kier molecular flexibility index (Phi) is 4.46. The summed E-state index contributed by atoms with van der Waals surface area (Å²) in [6.07, 6.45) is 1.62. The Balaban J connectivity index is 2.21. The Morgan fingerprint density at radius 2 is 2.21 bits per heavy atom. The van der Waals surface area contributed by atoms with E-state index in [0.29, 0.717) is 19.5 Å². The van der Waals surface area contributed by atoms with E-state index in [2.05, 4.69) is 28.5 Å². The first kappa shape index (κ1) is 13.5. The molecular weight excluding hydrogens is 242 g/mol. The summed E-state index contributed by atoms with van der Waals surface area (Å²) in [4.78, 5) is 0. The van der Waals surface area contributed by atoms with Gasteiger partial charge >= 0.3 is 0 Å². The molecule has 0 saturated carbocycles. The van der Waals surface area contributed by atoms with Gasteiger partial charge in [0, 0.05) is 6.42 Å². The lowest BCUT2D eigenvalue weighted by Gasteiger charge is -2.10. The van der Waals surface area contributed by atoms with Gasteiger partial charge in [-0.25, -0.2) is 4.68 Å². The van der Waals surface area contributed by atoms with Crippen LogP contribution in [-0.4, -0.2) is 33.9 Å². The van der Waals surface area contributed by atoms with Gasteiger partial charge in [-0.1, -0.05) is 19.1 Å². The molecule has 1 aromatic heterocycles. The molecule has 0 bridgehead atoms. The van der Waals surface area contributed by atoms with Crippen molar-refractivity contribution in [2.45, 2.75) is 26.3 Å². The minimum absolute atomic E-state index is 0.545. The summed E-state index contributed by atoms with van der Waals surface area (Å²) < 4.78 is 7.11. The maximum absolute atomic E-state index is 5.54. The highest BCUT2D eigenvalue weighted by Gasteiger charge is 2.08. The van der Waals surface area contributed by atoms with Crippen molar-refractivity contribution in [1.82, 2.24) is 20.2 Å². The van der Waals surface area contributed by atoms with Crippen molar-refractivity contribution in [3.05, 3.63) is 35.2 Å². The van der Waals surface area contributed by atoms with Gasteiger partial charge in [0.1, 0.15) is 5.75 Å². The van der Waals surface area contributed by atoms with Crippen LogP contribution < -0.4 is 10.5 Å². The lowest BCUT2D eigenvalue weighted by Crippen LogP contribution is -2.12. The first-order chi connectivity index (χ1) is 9.28. The van der Waals surface area contributed by atoms with E-state index in [-0.39, 0.29) is 0 Å². The molecule has 2 rings (SSSR count). The molecule has 0 aliphatic heterocycles. The molecular formula is C13H19N5O. The van der Waals surface area contributed by atoms with E-state index >= 15 is 0 Å². The summed E-state index contributed by atoms with van der Waals surface area (Å²) in [7, 11) is 1.69. The van der Waals surface area contributed by atoms with Crippen LogP contribution in [0.5, 0.6) is 5.75 Å². The van der Waals surface area contributed by atoms with Crippen molar-refractivity contribution in [1.29, 1.82) is 0 Å². The molecule has 0 atom stereocenters. The highest BCUT2D eigenvalue weighted by Crippen LogP contribution is 2.20. The minimum Gasteiger partial charge on any atom is -0.496 e. The van der Waals surface area contributed by atoms with E-state index in [1.807, 2.05) is 12.1 Å². The van der Waals surface area contributed by atoms with Crippen LogP contribution in [-0.2, 0) is 19.4 Å². The van der Waals surface area contributed by atoms with Crippen LogP contribution in [0.3, 0.4) is 0 Å². The molecule has 2 N–H and O–H groups in total. The number of aryl methyl sites for hydroxylation is 1. The third-order valence-corrected chi connectivity index (χ3v) is 3.03. The van der Waals surface area contributed by atoms with Crippen molar-refractivity contribution in [2.24, 2.45) is 5.73 Å². The number of rotatable bonds is 6. The van der Waals surface area contributed by atoms with Crippen molar-refractivity contribution >= 4 is 0 Å². The van der Waals surface area contributed by atoms with E-state index in [4.69, 9.17) is 10.5 Å². The number of aromatic nitrogens is 4. The Hall–Kier alpha value is -1.95. The highest BCUT2D eigenvalue weighted by atomic mass is 16.5. The van der Waals surface area contributed by atoms with Gasteiger partial charge in [-0.15, -0.1) is 5.10 Å². The smallest absolute Gasteiger partial charge is 0.152 e. The molecule has 0 radical (unpaired) electrons. The van der Waals surface area contributed by atoms with E-state index < -0.39 is 0 Å². The van der Waals surface area contributed by atoms with Crippen LogP contribution >= 0.6 is 0 Å². The number of methoxy groups -OCH3 is 1. The number of tetrazole rings is 1. The summed E-state index contributed by atoms with van der Waals surface area (Å²) in [6, 6.07) is 6.15. The highest BCUT2D eigenvalue weighted by molar-refractivity contribution is 5.37. The van der Waals surface area contributed by atoms with Crippen LogP contribution in [0.15, 0.2) is 18.2 Å². The van der Waals surface area contributed by atoms with Gasteiger partial charge in [0.15, 0.2) is 5.82 Å². The molecule has 1 aromatic carbocycles. The number of hydrogen-bond acceptors (Lipinski definition) is 5. The van der Waals surface area contributed by atoms with Gasteiger partial charge in [-0.05, 0) is 40.6 Å². The largest absolute Gasteiger partial charge is 0.496 e. The quantitative estimate of drug-likeness (QED) is 0.831. The third kappa shape index (κ3) is 3.08. The number of hydrogen-bond donors (Lipinski definition) is 1. The van der Waals surface area contributed by atoms with Gasteiger partial charge in [-0.2, -0.15) is 0 Å². The van der Waals surface area contributed by atoms with E-state index in [0.717, 1.165) is 23.6 Å². The Bertz CT molecular complexity index is 538. The molecule has 0 aliphatic carbocycles. The molecule has 0 spiro atoms. The number of nitrogens with two attached hydrogens (primary N) is 1. The number of nitrogens with zero attached hydrogens (tertiary/aromatic N) is 4. The first-order valence-electron chi connectivity index (χ1n) is 6.39. The molecule has 0 unspecified atom stereocenters. The zero-order valence-electron chi connectivity index (χ0n) is 11.3. The van der Waals surface area contributed by atoms with Crippen molar-refractivity contribution in [3.8, 4) is 5.75 Å². The Morgan fingerprint density at radius 1 is 1.37 bits per heavy atom. The zero-order valence-corrected chi connectivity index (χ0v) is 11.3. The average Bonchev–Trinajstić information content (AvgIpc) is 2.86. The molecule has 102 valence electrons. The minimum atomic E-state index is 0.545. The van der Waals surface area contributed by atoms with Crippen LogP contribution in [0.1, 0.15) is 23.9 Å². The average molecular weight is 261 g/mol. The second-order valence-corrected chi connectivity index (χ2v) is 4.29.